The second kappa shape index (κ2) is 10.6. The highest BCUT2D eigenvalue weighted by Gasteiger charge is 2.45. The van der Waals surface area contributed by atoms with Gasteiger partial charge in [0.25, 0.3) is 0 Å². The van der Waals surface area contributed by atoms with Crippen LogP contribution in [0.5, 0.6) is 0 Å². The van der Waals surface area contributed by atoms with Gasteiger partial charge in [0.15, 0.2) is 0 Å². The van der Waals surface area contributed by atoms with E-state index in [1.165, 1.54) is 0 Å². The lowest BCUT2D eigenvalue weighted by Gasteiger charge is -2.39. The minimum absolute atomic E-state index is 0.250. The zero-order chi connectivity index (χ0) is 24.0. The summed E-state index contributed by atoms with van der Waals surface area (Å²) in [6, 6.07) is 29.5. The number of benzene rings is 3. The lowest BCUT2D eigenvalue weighted by molar-refractivity contribution is -0.147. The highest BCUT2D eigenvalue weighted by atomic mass is 16.5. The Hall–Kier alpha value is -3.57. The van der Waals surface area contributed by atoms with E-state index in [1.807, 2.05) is 91.0 Å². The van der Waals surface area contributed by atoms with E-state index in [0.29, 0.717) is 17.8 Å². The van der Waals surface area contributed by atoms with Crippen molar-refractivity contribution in [2.45, 2.75) is 38.2 Å². The molecule has 0 heterocycles. The van der Waals surface area contributed by atoms with E-state index < -0.39 is 11.5 Å². The maximum absolute atomic E-state index is 13.2. The van der Waals surface area contributed by atoms with Crippen LogP contribution in [0.1, 0.15) is 49.3 Å². The molecule has 1 fully saturated rings. The average Bonchev–Trinajstić information content (AvgIpc) is 2.85. The Bertz CT molecular complexity index is 1110. The lowest BCUT2D eigenvalue weighted by Crippen LogP contribution is -2.45. The van der Waals surface area contributed by atoms with Crippen LogP contribution in [0.15, 0.2) is 101 Å². The SMILES string of the molecule is CCOC(=O)[C@@H]1/C(=N\N=C(c2ccccc2)c2ccccc2)C[C@](C)(O)C[C@@H]1c1ccccc1. The molecule has 5 nitrogen and oxygen atoms in total. The van der Waals surface area contributed by atoms with Crippen molar-refractivity contribution < 1.29 is 14.6 Å². The Labute approximate surface area is 200 Å². The molecule has 1 aliphatic carbocycles. The minimum atomic E-state index is -1.02. The van der Waals surface area contributed by atoms with Crippen molar-refractivity contribution in [3.63, 3.8) is 0 Å². The number of ether oxygens (including phenoxy) is 1. The van der Waals surface area contributed by atoms with E-state index >= 15 is 0 Å². The fraction of sp³-hybridized carbons (Fsp3) is 0.276. The maximum Gasteiger partial charge on any atom is 0.315 e. The fourth-order valence-electron chi connectivity index (χ4n) is 4.62. The summed E-state index contributed by atoms with van der Waals surface area (Å²) in [5.41, 5.74) is 3.05. The lowest BCUT2D eigenvalue weighted by atomic mass is 9.68. The molecule has 0 bridgehead atoms. The second-order valence-corrected chi connectivity index (χ2v) is 8.90. The summed E-state index contributed by atoms with van der Waals surface area (Å²) in [6.45, 7) is 3.87. The maximum atomic E-state index is 13.2. The number of carbonyl (C=O) groups is 1. The summed E-state index contributed by atoms with van der Waals surface area (Å²) in [7, 11) is 0. The first-order valence-corrected chi connectivity index (χ1v) is 11.7. The van der Waals surface area contributed by atoms with E-state index in [-0.39, 0.29) is 24.9 Å². The summed E-state index contributed by atoms with van der Waals surface area (Å²) in [4.78, 5) is 13.2. The first kappa shape index (κ1) is 23.6. The van der Waals surface area contributed by atoms with Gasteiger partial charge in [0.05, 0.1) is 17.9 Å². The van der Waals surface area contributed by atoms with Crippen molar-refractivity contribution in [2.24, 2.45) is 16.1 Å². The monoisotopic (exact) mass is 454 g/mol. The van der Waals surface area contributed by atoms with E-state index in [9.17, 15) is 9.90 Å². The molecular weight excluding hydrogens is 424 g/mol. The number of esters is 1. The molecule has 1 N–H and O–H groups in total. The molecule has 174 valence electrons. The van der Waals surface area contributed by atoms with Gasteiger partial charge in [-0.15, -0.1) is 5.10 Å². The molecule has 0 spiro atoms. The van der Waals surface area contributed by atoms with Gasteiger partial charge in [0, 0.05) is 23.5 Å². The average molecular weight is 455 g/mol. The molecule has 34 heavy (non-hydrogen) atoms. The van der Waals surface area contributed by atoms with E-state index in [2.05, 4.69) is 10.2 Å². The number of nitrogens with zero attached hydrogens (tertiary/aromatic N) is 2. The first-order chi connectivity index (χ1) is 16.5. The third-order valence-electron chi connectivity index (χ3n) is 6.12. The smallest absolute Gasteiger partial charge is 0.315 e. The Morgan fingerprint density at radius 1 is 0.941 bits per heavy atom. The molecular formula is C29H30N2O3. The second-order valence-electron chi connectivity index (χ2n) is 8.90. The van der Waals surface area contributed by atoms with Crippen LogP contribution in [0.2, 0.25) is 0 Å². The number of hydrogen-bond acceptors (Lipinski definition) is 5. The third kappa shape index (κ3) is 5.49. The van der Waals surface area contributed by atoms with Crippen molar-refractivity contribution >= 4 is 17.4 Å². The summed E-state index contributed by atoms with van der Waals surface area (Å²) >= 11 is 0. The van der Waals surface area contributed by atoms with Gasteiger partial charge in [-0.3, -0.25) is 4.79 Å². The molecule has 3 aromatic rings. The van der Waals surface area contributed by atoms with Gasteiger partial charge in [0.2, 0.25) is 0 Å². The molecule has 1 aliphatic rings. The van der Waals surface area contributed by atoms with Gasteiger partial charge in [-0.1, -0.05) is 91.0 Å². The number of carbonyl (C=O) groups excluding carboxylic acids is 1. The Morgan fingerprint density at radius 3 is 2.00 bits per heavy atom. The molecule has 0 aliphatic heterocycles. The van der Waals surface area contributed by atoms with Crippen LogP contribution in [-0.4, -0.2) is 34.7 Å². The van der Waals surface area contributed by atoms with Gasteiger partial charge in [-0.2, -0.15) is 5.10 Å². The highest BCUT2D eigenvalue weighted by molar-refractivity contribution is 6.13. The van der Waals surface area contributed by atoms with Crippen molar-refractivity contribution in [3.8, 4) is 0 Å². The van der Waals surface area contributed by atoms with Crippen molar-refractivity contribution in [1.82, 2.24) is 0 Å². The zero-order valence-corrected chi connectivity index (χ0v) is 19.6. The zero-order valence-electron chi connectivity index (χ0n) is 19.6. The van der Waals surface area contributed by atoms with Gasteiger partial charge in [-0.25, -0.2) is 0 Å². The molecule has 1 saturated carbocycles. The summed E-state index contributed by atoms with van der Waals surface area (Å²) in [5.74, 6) is -1.20. The molecule has 0 radical (unpaired) electrons. The van der Waals surface area contributed by atoms with E-state index in [0.717, 1.165) is 16.7 Å². The molecule has 0 aromatic heterocycles. The molecule has 0 unspecified atom stereocenters. The van der Waals surface area contributed by atoms with Crippen LogP contribution < -0.4 is 0 Å². The van der Waals surface area contributed by atoms with Crippen LogP contribution in [0, 0.1) is 5.92 Å². The molecule has 3 aromatic carbocycles. The fourth-order valence-corrected chi connectivity index (χ4v) is 4.62. The van der Waals surface area contributed by atoms with Crippen molar-refractivity contribution in [1.29, 1.82) is 0 Å². The predicted molar refractivity (Wildman–Crippen MR) is 135 cm³/mol. The Kier molecular flexibility index (Phi) is 7.33. The minimum Gasteiger partial charge on any atom is -0.465 e. The largest absolute Gasteiger partial charge is 0.465 e. The number of rotatable bonds is 6. The Morgan fingerprint density at radius 2 is 1.47 bits per heavy atom. The summed E-state index contributed by atoms with van der Waals surface area (Å²) in [6.07, 6.45) is 0.688. The van der Waals surface area contributed by atoms with Gasteiger partial charge < -0.3 is 9.84 Å². The normalized spacial score (nSPS) is 23.3. The van der Waals surface area contributed by atoms with Gasteiger partial charge in [0.1, 0.15) is 11.6 Å². The molecule has 4 rings (SSSR count). The standard InChI is InChI=1S/C29H30N2O3/c1-3-34-28(32)26-24(21-13-7-4-8-14-21)19-29(2,33)20-25(26)30-31-27(22-15-9-5-10-16-22)23-17-11-6-12-18-23/h4-18,24,26,33H,3,19-20H2,1-2H3/b30-25-/t24-,26+,29-/m1/s1. The molecule has 0 saturated heterocycles. The molecule has 5 heteroatoms. The van der Waals surface area contributed by atoms with Crippen molar-refractivity contribution in [2.75, 3.05) is 6.61 Å². The topological polar surface area (TPSA) is 71.2 Å². The van der Waals surface area contributed by atoms with Crippen LogP contribution in [0.25, 0.3) is 0 Å². The molecule has 3 atom stereocenters. The van der Waals surface area contributed by atoms with Crippen LogP contribution in [0.3, 0.4) is 0 Å². The van der Waals surface area contributed by atoms with E-state index in [4.69, 9.17) is 4.74 Å². The van der Waals surface area contributed by atoms with Gasteiger partial charge in [-0.05, 0) is 25.8 Å². The highest BCUT2D eigenvalue weighted by Crippen LogP contribution is 2.42. The summed E-state index contributed by atoms with van der Waals surface area (Å²) < 4.78 is 5.46. The van der Waals surface area contributed by atoms with Crippen LogP contribution in [-0.2, 0) is 9.53 Å². The van der Waals surface area contributed by atoms with Crippen molar-refractivity contribution in [3.05, 3.63) is 108 Å². The van der Waals surface area contributed by atoms with E-state index in [1.54, 1.807) is 13.8 Å². The predicted octanol–water partition coefficient (Wildman–Crippen LogP) is 5.39. The quantitative estimate of drug-likeness (QED) is 0.308. The number of hydrogen-bond donors (Lipinski definition) is 1. The third-order valence-corrected chi connectivity index (χ3v) is 6.12. The summed E-state index contributed by atoms with van der Waals surface area (Å²) in [5, 5.41) is 20.4. The van der Waals surface area contributed by atoms with Crippen LogP contribution >= 0.6 is 0 Å². The number of aliphatic hydroxyl groups is 1. The molecule has 0 amide bonds. The van der Waals surface area contributed by atoms with Crippen LogP contribution in [0.4, 0.5) is 0 Å². The van der Waals surface area contributed by atoms with Gasteiger partial charge >= 0.3 is 5.97 Å². The Balaban J connectivity index is 1.83. The first-order valence-electron chi connectivity index (χ1n) is 11.7.